The summed E-state index contributed by atoms with van der Waals surface area (Å²) in [6.07, 6.45) is 6.21. The quantitative estimate of drug-likeness (QED) is 0.839. The maximum atomic E-state index is 12.5. The monoisotopic (exact) mass is 329 g/mol. The van der Waals surface area contributed by atoms with E-state index in [1.165, 1.54) is 5.56 Å². The number of ether oxygens (including phenoxy) is 1. The van der Waals surface area contributed by atoms with Crippen LogP contribution in [0.25, 0.3) is 0 Å². The predicted octanol–water partition coefficient (Wildman–Crippen LogP) is 4.25. The van der Waals surface area contributed by atoms with E-state index < -0.39 is 0 Å². The lowest BCUT2D eigenvalue weighted by Gasteiger charge is -2.33. The van der Waals surface area contributed by atoms with Crippen molar-refractivity contribution in [1.82, 2.24) is 5.32 Å². The first kappa shape index (κ1) is 17.6. The normalized spacial score (nSPS) is 23.5. The van der Waals surface area contributed by atoms with E-state index in [2.05, 4.69) is 38.2 Å². The Kier molecular flexibility index (Phi) is 5.12. The Hall–Kier alpha value is -1.19. The Bertz CT molecular complexity index is 564. The number of hydrogen-bond acceptors (Lipinski definition) is 3. The van der Waals surface area contributed by atoms with E-state index in [-0.39, 0.29) is 22.9 Å². The highest BCUT2D eigenvalue weighted by atomic mass is 16.5. The van der Waals surface area contributed by atoms with Crippen LogP contribution in [-0.2, 0) is 10.2 Å². The molecule has 3 nitrogen and oxygen atoms in total. The average molecular weight is 329 g/mol. The molecule has 0 radical (unpaired) electrons. The van der Waals surface area contributed by atoms with Crippen molar-refractivity contribution in [2.24, 2.45) is 0 Å². The van der Waals surface area contributed by atoms with Crippen LogP contribution in [-0.4, -0.2) is 30.6 Å². The molecule has 2 fully saturated rings. The Morgan fingerprint density at radius 2 is 1.83 bits per heavy atom. The van der Waals surface area contributed by atoms with Crippen LogP contribution in [0.2, 0.25) is 0 Å². The Labute approximate surface area is 146 Å². The number of carbonyl (C=O) groups excluding carboxylic acids is 1. The standard InChI is InChI=1S/C21H31NO2/c1-20(2,3)17-6-4-16(5-7-17)19(23)9-8-18-10-11-21(24-18)12-14-22-15-13-21/h4-7,18,22H,8-15H2,1-3H3. The number of piperidine rings is 1. The molecule has 2 saturated heterocycles. The second-order valence-electron chi connectivity index (χ2n) is 8.50. The zero-order chi connectivity index (χ0) is 17.2. The van der Waals surface area contributed by atoms with Gasteiger partial charge in [0.15, 0.2) is 5.78 Å². The zero-order valence-electron chi connectivity index (χ0n) is 15.4. The number of Topliss-reactive ketones (excluding diaryl/α,β-unsaturated/α-hetero) is 1. The van der Waals surface area contributed by atoms with Gasteiger partial charge in [-0.25, -0.2) is 0 Å². The largest absolute Gasteiger partial charge is 0.372 e. The summed E-state index contributed by atoms with van der Waals surface area (Å²) >= 11 is 0. The van der Waals surface area contributed by atoms with Crippen LogP contribution in [0.1, 0.15) is 75.2 Å². The van der Waals surface area contributed by atoms with Gasteiger partial charge in [-0.05, 0) is 56.2 Å². The van der Waals surface area contributed by atoms with Crippen molar-refractivity contribution in [2.75, 3.05) is 13.1 Å². The highest BCUT2D eigenvalue weighted by Crippen LogP contribution is 2.38. The van der Waals surface area contributed by atoms with E-state index in [4.69, 9.17) is 4.74 Å². The molecule has 132 valence electrons. The molecule has 24 heavy (non-hydrogen) atoms. The second kappa shape index (κ2) is 6.97. The van der Waals surface area contributed by atoms with Crippen molar-refractivity contribution in [1.29, 1.82) is 0 Å². The molecule has 0 aliphatic carbocycles. The van der Waals surface area contributed by atoms with Gasteiger partial charge in [0.25, 0.3) is 0 Å². The number of carbonyl (C=O) groups is 1. The van der Waals surface area contributed by atoms with Crippen molar-refractivity contribution < 1.29 is 9.53 Å². The van der Waals surface area contributed by atoms with E-state index in [1.807, 2.05) is 12.1 Å². The number of hydrogen-bond donors (Lipinski definition) is 1. The summed E-state index contributed by atoms with van der Waals surface area (Å²) in [4.78, 5) is 12.5. The van der Waals surface area contributed by atoms with Gasteiger partial charge in [-0.15, -0.1) is 0 Å². The molecule has 1 unspecified atom stereocenters. The maximum Gasteiger partial charge on any atom is 0.162 e. The maximum absolute atomic E-state index is 12.5. The molecular weight excluding hydrogens is 298 g/mol. The van der Waals surface area contributed by atoms with Crippen LogP contribution in [0.5, 0.6) is 0 Å². The number of ketones is 1. The molecule has 3 heteroatoms. The van der Waals surface area contributed by atoms with Crippen LogP contribution in [0.15, 0.2) is 24.3 Å². The van der Waals surface area contributed by atoms with E-state index in [0.717, 1.165) is 50.8 Å². The lowest BCUT2D eigenvalue weighted by molar-refractivity contribution is -0.0612. The summed E-state index contributed by atoms with van der Waals surface area (Å²) in [7, 11) is 0. The minimum Gasteiger partial charge on any atom is -0.372 e. The Balaban J connectivity index is 1.51. The minimum atomic E-state index is 0.104. The summed E-state index contributed by atoms with van der Waals surface area (Å²) < 4.78 is 6.35. The van der Waals surface area contributed by atoms with Crippen LogP contribution in [0.3, 0.4) is 0 Å². The zero-order valence-corrected chi connectivity index (χ0v) is 15.4. The molecule has 2 aliphatic rings. The summed E-state index contributed by atoms with van der Waals surface area (Å²) in [5, 5.41) is 3.40. The summed E-state index contributed by atoms with van der Waals surface area (Å²) in [6, 6.07) is 8.13. The van der Waals surface area contributed by atoms with E-state index in [0.29, 0.717) is 6.42 Å². The third-order valence-corrected chi connectivity index (χ3v) is 5.62. The molecule has 0 amide bonds. The first-order valence-electron chi connectivity index (χ1n) is 9.40. The van der Waals surface area contributed by atoms with Crippen LogP contribution in [0, 0.1) is 0 Å². The molecule has 1 aromatic rings. The smallest absolute Gasteiger partial charge is 0.162 e. The van der Waals surface area contributed by atoms with Gasteiger partial charge < -0.3 is 10.1 Å². The van der Waals surface area contributed by atoms with Gasteiger partial charge in [0, 0.05) is 12.0 Å². The van der Waals surface area contributed by atoms with Crippen LogP contribution < -0.4 is 5.32 Å². The van der Waals surface area contributed by atoms with Gasteiger partial charge >= 0.3 is 0 Å². The van der Waals surface area contributed by atoms with Gasteiger partial charge in [0.05, 0.1) is 11.7 Å². The van der Waals surface area contributed by atoms with E-state index in [9.17, 15) is 4.79 Å². The molecule has 1 aromatic carbocycles. The van der Waals surface area contributed by atoms with Gasteiger partial charge in [0.2, 0.25) is 0 Å². The van der Waals surface area contributed by atoms with Crippen LogP contribution >= 0.6 is 0 Å². The molecule has 2 heterocycles. The first-order chi connectivity index (χ1) is 11.4. The number of rotatable bonds is 4. The third-order valence-electron chi connectivity index (χ3n) is 5.62. The molecule has 0 saturated carbocycles. The van der Waals surface area contributed by atoms with Crippen molar-refractivity contribution in [2.45, 2.75) is 76.4 Å². The Morgan fingerprint density at radius 1 is 1.17 bits per heavy atom. The molecule has 2 aliphatic heterocycles. The fourth-order valence-electron chi connectivity index (χ4n) is 3.94. The lowest BCUT2D eigenvalue weighted by atomic mass is 9.86. The molecule has 0 bridgehead atoms. The average Bonchev–Trinajstić information content (AvgIpc) is 2.95. The van der Waals surface area contributed by atoms with Crippen molar-refractivity contribution in [3.8, 4) is 0 Å². The van der Waals surface area contributed by atoms with E-state index >= 15 is 0 Å². The summed E-state index contributed by atoms with van der Waals surface area (Å²) in [6.45, 7) is 8.70. The topological polar surface area (TPSA) is 38.3 Å². The summed E-state index contributed by atoms with van der Waals surface area (Å²) in [5.74, 6) is 0.241. The fraction of sp³-hybridized carbons (Fsp3) is 0.667. The highest BCUT2D eigenvalue weighted by molar-refractivity contribution is 5.96. The molecule has 1 spiro atoms. The second-order valence-corrected chi connectivity index (χ2v) is 8.50. The van der Waals surface area contributed by atoms with Gasteiger partial charge in [-0.1, -0.05) is 45.0 Å². The van der Waals surface area contributed by atoms with Gasteiger partial charge in [0.1, 0.15) is 0 Å². The van der Waals surface area contributed by atoms with Crippen molar-refractivity contribution in [3.63, 3.8) is 0 Å². The van der Waals surface area contributed by atoms with Gasteiger partial charge in [-0.3, -0.25) is 4.79 Å². The molecule has 1 atom stereocenters. The Morgan fingerprint density at radius 3 is 2.46 bits per heavy atom. The van der Waals surface area contributed by atoms with Gasteiger partial charge in [-0.2, -0.15) is 0 Å². The van der Waals surface area contributed by atoms with Crippen LogP contribution in [0.4, 0.5) is 0 Å². The fourth-order valence-corrected chi connectivity index (χ4v) is 3.94. The molecule has 3 rings (SSSR count). The highest BCUT2D eigenvalue weighted by Gasteiger charge is 2.40. The predicted molar refractivity (Wildman–Crippen MR) is 97.6 cm³/mol. The number of nitrogens with one attached hydrogen (secondary N) is 1. The molecule has 0 aromatic heterocycles. The lowest BCUT2D eigenvalue weighted by Crippen LogP contribution is -2.41. The minimum absolute atomic E-state index is 0.104. The molecular formula is C21H31NO2. The summed E-state index contributed by atoms with van der Waals surface area (Å²) in [5.41, 5.74) is 2.33. The van der Waals surface area contributed by atoms with Crippen molar-refractivity contribution >= 4 is 5.78 Å². The third kappa shape index (κ3) is 4.07. The van der Waals surface area contributed by atoms with E-state index in [1.54, 1.807) is 0 Å². The van der Waals surface area contributed by atoms with Crippen molar-refractivity contribution in [3.05, 3.63) is 35.4 Å². The SMILES string of the molecule is CC(C)(C)c1ccc(C(=O)CCC2CCC3(CCNCC3)O2)cc1. The number of benzene rings is 1. The first-order valence-corrected chi connectivity index (χ1v) is 9.40. The molecule has 1 N–H and O–H groups in total.